The molecular weight excluding hydrogens is 334 g/mol. The molecule has 0 aliphatic carbocycles. The molecule has 0 spiro atoms. The molecule has 2 heterocycles. The number of methoxy groups -OCH3 is 1. The molecule has 0 bridgehead atoms. The van der Waals surface area contributed by atoms with E-state index >= 15 is 0 Å². The maximum absolute atomic E-state index is 9.34. The van der Waals surface area contributed by atoms with Crippen LogP contribution in [0.1, 0.15) is 30.9 Å². The maximum atomic E-state index is 9.34. The molecular formula is C18H23N5O3. The molecule has 8 nitrogen and oxygen atoms in total. The van der Waals surface area contributed by atoms with Crippen LogP contribution in [-0.2, 0) is 13.2 Å². The summed E-state index contributed by atoms with van der Waals surface area (Å²) in [6.07, 6.45) is 1.93. The highest BCUT2D eigenvalue weighted by atomic mass is 16.5. The number of nitrogens with zero attached hydrogens (tertiary/aromatic N) is 4. The Bertz CT molecular complexity index is 894. The third-order valence-corrected chi connectivity index (χ3v) is 3.99. The number of hydrogen-bond acceptors (Lipinski definition) is 7. The van der Waals surface area contributed by atoms with Crippen molar-refractivity contribution in [2.24, 2.45) is 0 Å². The minimum Gasteiger partial charge on any atom is -0.468 e. The van der Waals surface area contributed by atoms with Gasteiger partial charge >= 0.3 is 6.01 Å². The number of rotatable bonds is 8. The van der Waals surface area contributed by atoms with Gasteiger partial charge in [-0.3, -0.25) is 4.57 Å². The molecule has 0 fully saturated rings. The highest BCUT2D eigenvalue weighted by Gasteiger charge is 2.18. The molecule has 8 heteroatoms. The zero-order chi connectivity index (χ0) is 18.5. The summed E-state index contributed by atoms with van der Waals surface area (Å²) in [7, 11) is 1.55. The van der Waals surface area contributed by atoms with Crippen LogP contribution >= 0.6 is 0 Å². The van der Waals surface area contributed by atoms with Crippen LogP contribution in [0.3, 0.4) is 0 Å². The minimum absolute atomic E-state index is 0.0137. The number of aliphatic hydroxyl groups excluding tert-OH is 1. The van der Waals surface area contributed by atoms with E-state index in [0.717, 1.165) is 24.0 Å². The molecule has 3 N–H and O–H groups in total. The lowest BCUT2D eigenvalue weighted by molar-refractivity contribution is 0.281. The van der Waals surface area contributed by atoms with Gasteiger partial charge in [0.1, 0.15) is 0 Å². The quantitative estimate of drug-likeness (QED) is 0.595. The second-order valence-electron chi connectivity index (χ2n) is 5.93. The highest BCUT2D eigenvalue weighted by Crippen LogP contribution is 2.26. The average Bonchev–Trinajstić information content (AvgIpc) is 3.00. The SMILES string of the molecule is CCCCOc1nc(N)c2nc(OC)n(Cc3cccc(CO)c3)c2n1. The van der Waals surface area contributed by atoms with Gasteiger partial charge < -0.3 is 20.3 Å². The first-order chi connectivity index (χ1) is 12.7. The van der Waals surface area contributed by atoms with Crippen molar-refractivity contribution >= 4 is 17.0 Å². The molecule has 0 radical (unpaired) electrons. The van der Waals surface area contributed by atoms with Gasteiger partial charge in [-0.15, -0.1) is 0 Å². The van der Waals surface area contributed by atoms with Gasteiger partial charge in [0.25, 0.3) is 6.01 Å². The Labute approximate surface area is 151 Å². The van der Waals surface area contributed by atoms with Crippen LogP contribution in [0.25, 0.3) is 11.2 Å². The van der Waals surface area contributed by atoms with Crippen LogP contribution in [0.2, 0.25) is 0 Å². The van der Waals surface area contributed by atoms with E-state index in [4.69, 9.17) is 15.2 Å². The van der Waals surface area contributed by atoms with E-state index in [2.05, 4.69) is 21.9 Å². The third kappa shape index (κ3) is 3.70. The summed E-state index contributed by atoms with van der Waals surface area (Å²) >= 11 is 0. The molecule has 2 aromatic heterocycles. The van der Waals surface area contributed by atoms with Crippen molar-refractivity contribution in [3.8, 4) is 12.0 Å². The first kappa shape index (κ1) is 17.9. The maximum Gasteiger partial charge on any atom is 0.320 e. The summed E-state index contributed by atoms with van der Waals surface area (Å²) in [6.45, 7) is 3.08. The second kappa shape index (κ2) is 8.01. The number of imidazole rings is 1. The van der Waals surface area contributed by atoms with E-state index in [-0.39, 0.29) is 18.4 Å². The number of nitrogen functional groups attached to an aromatic ring is 1. The lowest BCUT2D eigenvalue weighted by Gasteiger charge is -2.09. The number of nitrogens with two attached hydrogens (primary N) is 1. The molecule has 26 heavy (non-hydrogen) atoms. The molecule has 0 aliphatic heterocycles. The van der Waals surface area contributed by atoms with E-state index < -0.39 is 0 Å². The molecule has 0 unspecified atom stereocenters. The molecule has 3 rings (SSSR count). The van der Waals surface area contributed by atoms with Gasteiger partial charge in [-0.2, -0.15) is 15.0 Å². The zero-order valence-electron chi connectivity index (χ0n) is 15.0. The summed E-state index contributed by atoms with van der Waals surface area (Å²) in [5, 5.41) is 9.34. The van der Waals surface area contributed by atoms with Gasteiger partial charge in [0.2, 0.25) is 0 Å². The van der Waals surface area contributed by atoms with Gasteiger partial charge in [-0.1, -0.05) is 37.6 Å². The van der Waals surface area contributed by atoms with Crippen LogP contribution < -0.4 is 15.2 Å². The average molecular weight is 357 g/mol. The van der Waals surface area contributed by atoms with E-state index in [1.54, 1.807) is 7.11 Å². The fourth-order valence-electron chi connectivity index (χ4n) is 2.66. The Balaban J connectivity index is 2.01. The van der Waals surface area contributed by atoms with Crippen molar-refractivity contribution in [2.75, 3.05) is 19.5 Å². The minimum atomic E-state index is -0.0137. The predicted octanol–water partition coefficient (Wildman–Crippen LogP) is 2.14. The van der Waals surface area contributed by atoms with Crippen molar-refractivity contribution in [1.29, 1.82) is 0 Å². The van der Waals surface area contributed by atoms with Gasteiger partial charge in [0, 0.05) is 0 Å². The Morgan fingerprint density at radius 1 is 1.19 bits per heavy atom. The molecule has 0 amide bonds. The number of aliphatic hydroxyl groups is 1. The standard InChI is InChI=1S/C18H23N5O3/c1-3-4-8-26-17-21-15(19)14-16(22-17)23(18(20-14)25-2)10-12-6-5-7-13(9-12)11-24/h5-7,9,24H,3-4,8,10-11H2,1-2H3,(H2,19,21,22). The van der Waals surface area contributed by atoms with Crippen molar-refractivity contribution in [2.45, 2.75) is 32.9 Å². The first-order valence-electron chi connectivity index (χ1n) is 8.55. The summed E-state index contributed by atoms with van der Waals surface area (Å²) in [6, 6.07) is 8.28. The zero-order valence-corrected chi connectivity index (χ0v) is 15.0. The molecule has 0 atom stereocenters. The third-order valence-electron chi connectivity index (χ3n) is 3.99. The van der Waals surface area contributed by atoms with Gasteiger partial charge in [0.05, 0.1) is 26.9 Å². The largest absolute Gasteiger partial charge is 0.468 e. The fraction of sp³-hybridized carbons (Fsp3) is 0.389. The van der Waals surface area contributed by atoms with Crippen molar-refractivity contribution in [3.63, 3.8) is 0 Å². The molecule has 1 aromatic carbocycles. The van der Waals surface area contributed by atoms with E-state index in [1.807, 2.05) is 28.8 Å². The fourth-order valence-corrected chi connectivity index (χ4v) is 2.66. The van der Waals surface area contributed by atoms with Crippen molar-refractivity contribution in [3.05, 3.63) is 35.4 Å². The van der Waals surface area contributed by atoms with Crippen LogP contribution in [0, 0.1) is 0 Å². The van der Waals surface area contributed by atoms with E-state index in [9.17, 15) is 5.11 Å². The number of ether oxygens (including phenoxy) is 2. The number of anilines is 1. The molecule has 138 valence electrons. The smallest absolute Gasteiger partial charge is 0.320 e. The van der Waals surface area contributed by atoms with Crippen molar-refractivity contribution in [1.82, 2.24) is 19.5 Å². The Morgan fingerprint density at radius 2 is 2.00 bits per heavy atom. The van der Waals surface area contributed by atoms with E-state index in [0.29, 0.717) is 30.3 Å². The van der Waals surface area contributed by atoms with E-state index in [1.165, 1.54) is 0 Å². The summed E-state index contributed by atoms with van der Waals surface area (Å²) in [4.78, 5) is 13.0. The number of benzene rings is 1. The van der Waals surface area contributed by atoms with Crippen molar-refractivity contribution < 1.29 is 14.6 Å². The van der Waals surface area contributed by atoms with Crippen LogP contribution in [0.4, 0.5) is 5.82 Å². The Morgan fingerprint density at radius 3 is 2.73 bits per heavy atom. The highest BCUT2D eigenvalue weighted by molar-refractivity contribution is 5.83. The van der Waals surface area contributed by atoms with Crippen LogP contribution in [0.5, 0.6) is 12.0 Å². The summed E-state index contributed by atoms with van der Waals surface area (Å²) in [5.74, 6) is 0.252. The normalized spacial score (nSPS) is 11.0. The lowest BCUT2D eigenvalue weighted by atomic mass is 10.1. The Hall–Kier alpha value is -2.87. The predicted molar refractivity (Wildman–Crippen MR) is 98.2 cm³/mol. The monoisotopic (exact) mass is 357 g/mol. The van der Waals surface area contributed by atoms with Crippen LogP contribution in [0.15, 0.2) is 24.3 Å². The molecule has 0 aliphatic rings. The number of hydrogen-bond donors (Lipinski definition) is 2. The number of fused-ring (bicyclic) bond motifs is 1. The first-order valence-corrected chi connectivity index (χ1v) is 8.55. The second-order valence-corrected chi connectivity index (χ2v) is 5.93. The van der Waals surface area contributed by atoms with Crippen LogP contribution in [-0.4, -0.2) is 38.3 Å². The lowest BCUT2D eigenvalue weighted by Crippen LogP contribution is -2.07. The number of aromatic nitrogens is 4. The number of unbranched alkanes of at least 4 members (excludes halogenated alkanes) is 1. The summed E-state index contributed by atoms with van der Waals surface area (Å²) in [5.41, 5.74) is 8.89. The Kier molecular flexibility index (Phi) is 5.52. The van der Waals surface area contributed by atoms with Gasteiger partial charge in [-0.25, -0.2) is 0 Å². The topological polar surface area (TPSA) is 108 Å². The van der Waals surface area contributed by atoms with Gasteiger partial charge in [-0.05, 0) is 17.5 Å². The molecule has 0 saturated heterocycles. The molecule has 3 aromatic rings. The molecule has 0 saturated carbocycles. The summed E-state index contributed by atoms with van der Waals surface area (Å²) < 4.78 is 12.8. The van der Waals surface area contributed by atoms with Gasteiger partial charge in [0.15, 0.2) is 17.0 Å².